The van der Waals surface area contributed by atoms with Crippen molar-refractivity contribution in [1.29, 1.82) is 0 Å². The molecule has 0 unspecified atom stereocenters. The van der Waals surface area contributed by atoms with E-state index in [1.54, 1.807) is 0 Å². The molecule has 0 bridgehead atoms. The SMILES string of the molecule is CCCN(C(=O)C(=O)OC)C(C)C. The summed E-state index contributed by atoms with van der Waals surface area (Å²) in [6.07, 6.45) is 0.834. The minimum Gasteiger partial charge on any atom is -0.462 e. The van der Waals surface area contributed by atoms with Crippen LogP contribution in [0.5, 0.6) is 0 Å². The van der Waals surface area contributed by atoms with Gasteiger partial charge in [0, 0.05) is 12.6 Å². The van der Waals surface area contributed by atoms with Gasteiger partial charge in [0.25, 0.3) is 0 Å². The van der Waals surface area contributed by atoms with Crippen molar-refractivity contribution in [2.45, 2.75) is 33.2 Å². The van der Waals surface area contributed by atoms with E-state index < -0.39 is 11.9 Å². The maximum absolute atomic E-state index is 11.4. The van der Waals surface area contributed by atoms with E-state index in [0.29, 0.717) is 6.54 Å². The number of methoxy groups -OCH3 is 1. The van der Waals surface area contributed by atoms with Crippen molar-refractivity contribution in [2.24, 2.45) is 0 Å². The molecule has 4 heteroatoms. The molecule has 1 amide bonds. The van der Waals surface area contributed by atoms with Gasteiger partial charge in [-0.2, -0.15) is 0 Å². The fourth-order valence-electron chi connectivity index (χ4n) is 1.04. The Kier molecular flexibility index (Phi) is 5.11. The molecule has 0 aliphatic rings. The number of nitrogens with zero attached hydrogens (tertiary/aromatic N) is 1. The number of amides is 1. The maximum Gasteiger partial charge on any atom is 0.396 e. The van der Waals surface area contributed by atoms with Gasteiger partial charge in [-0.1, -0.05) is 6.92 Å². The summed E-state index contributed by atoms with van der Waals surface area (Å²) in [5, 5.41) is 0. The lowest BCUT2D eigenvalue weighted by molar-refractivity contribution is -0.159. The van der Waals surface area contributed by atoms with E-state index >= 15 is 0 Å². The summed E-state index contributed by atoms with van der Waals surface area (Å²) in [5.41, 5.74) is 0. The van der Waals surface area contributed by atoms with Gasteiger partial charge < -0.3 is 9.64 Å². The van der Waals surface area contributed by atoms with Crippen molar-refractivity contribution in [1.82, 2.24) is 4.90 Å². The summed E-state index contributed by atoms with van der Waals surface area (Å²) in [5.74, 6) is -1.35. The highest BCUT2D eigenvalue weighted by atomic mass is 16.5. The van der Waals surface area contributed by atoms with Crippen LogP contribution in [0.25, 0.3) is 0 Å². The van der Waals surface area contributed by atoms with Gasteiger partial charge in [0.05, 0.1) is 7.11 Å². The maximum atomic E-state index is 11.4. The minimum absolute atomic E-state index is 0.0338. The zero-order chi connectivity index (χ0) is 10.4. The third-order valence-electron chi connectivity index (χ3n) is 1.71. The Hall–Kier alpha value is -1.06. The highest BCUT2D eigenvalue weighted by Crippen LogP contribution is 2.01. The van der Waals surface area contributed by atoms with Gasteiger partial charge in [0.15, 0.2) is 0 Å². The van der Waals surface area contributed by atoms with Crippen molar-refractivity contribution >= 4 is 11.9 Å². The molecule has 76 valence electrons. The van der Waals surface area contributed by atoms with E-state index in [4.69, 9.17) is 0 Å². The fraction of sp³-hybridized carbons (Fsp3) is 0.778. The molecular weight excluding hydrogens is 170 g/mol. The first-order valence-corrected chi connectivity index (χ1v) is 4.43. The van der Waals surface area contributed by atoms with Crippen molar-refractivity contribution in [2.75, 3.05) is 13.7 Å². The van der Waals surface area contributed by atoms with Gasteiger partial charge >= 0.3 is 11.9 Å². The molecule has 0 saturated heterocycles. The summed E-state index contributed by atoms with van der Waals surface area (Å²) in [6.45, 7) is 6.29. The number of esters is 1. The van der Waals surface area contributed by atoms with E-state index in [0.717, 1.165) is 6.42 Å². The summed E-state index contributed by atoms with van der Waals surface area (Å²) in [6, 6.07) is 0.0338. The molecule has 0 radical (unpaired) electrons. The molecule has 0 heterocycles. The lowest BCUT2D eigenvalue weighted by Crippen LogP contribution is -2.42. The molecule has 0 atom stereocenters. The van der Waals surface area contributed by atoms with Gasteiger partial charge in [-0.25, -0.2) is 4.79 Å². The van der Waals surface area contributed by atoms with Crippen LogP contribution < -0.4 is 0 Å². The van der Waals surface area contributed by atoms with Crippen LogP contribution in [0.1, 0.15) is 27.2 Å². The molecule has 0 fully saturated rings. The molecule has 13 heavy (non-hydrogen) atoms. The quantitative estimate of drug-likeness (QED) is 0.485. The van der Waals surface area contributed by atoms with E-state index in [1.165, 1.54) is 12.0 Å². The molecule has 0 aromatic carbocycles. The highest BCUT2D eigenvalue weighted by Gasteiger charge is 2.23. The van der Waals surface area contributed by atoms with Crippen LogP contribution in [0.3, 0.4) is 0 Å². The van der Waals surface area contributed by atoms with Crippen molar-refractivity contribution in [3.8, 4) is 0 Å². The summed E-state index contributed by atoms with van der Waals surface area (Å²) < 4.78 is 4.36. The molecule has 0 saturated carbocycles. The summed E-state index contributed by atoms with van der Waals surface area (Å²) in [4.78, 5) is 23.8. The van der Waals surface area contributed by atoms with Gasteiger partial charge in [-0.3, -0.25) is 4.79 Å². The lowest BCUT2D eigenvalue weighted by atomic mass is 10.3. The molecule has 0 aromatic heterocycles. The monoisotopic (exact) mass is 187 g/mol. The van der Waals surface area contributed by atoms with Gasteiger partial charge in [-0.15, -0.1) is 0 Å². The molecule has 0 spiro atoms. The zero-order valence-electron chi connectivity index (χ0n) is 8.66. The van der Waals surface area contributed by atoms with Crippen LogP contribution in [0.4, 0.5) is 0 Å². The Bertz CT molecular complexity index is 189. The number of ether oxygens (including phenoxy) is 1. The first-order chi connectivity index (χ1) is 6.04. The third-order valence-corrected chi connectivity index (χ3v) is 1.71. The van der Waals surface area contributed by atoms with Crippen LogP contribution in [-0.2, 0) is 14.3 Å². The van der Waals surface area contributed by atoms with Crippen LogP contribution in [-0.4, -0.2) is 36.5 Å². The molecule has 0 aliphatic heterocycles. The Morgan fingerprint density at radius 2 is 1.92 bits per heavy atom. The van der Waals surface area contributed by atoms with Crippen LogP contribution in [0, 0.1) is 0 Å². The van der Waals surface area contributed by atoms with Crippen molar-refractivity contribution in [3.05, 3.63) is 0 Å². The number of hydrogen-bond acceptors (Lipinski definition) is 3. The second-order valence-electron chi connectivity index (χ2n) is 3.08. The second-order valence-corrected chi connectivity index (χ2v) is 3.08. The molecule has 0 aliphatic carbocycles. The fourth-order valence-corrected chi connectivity index (χ4v) is 1.04. The Labute approximate surface area is 78.9 Å². The molecular formula is C9H17NO3. The van der Waals surface area contributed by atoms with E-state index in [1.807, 2.05) is 20.8 Å². The van der Waals surface area contributed by atoms with Gasteiger partial charge in [0.1, 0.15) is 0 Å². The summed E-state index contributed by atoms with van der Waals surface area (Å²) in [7, 11) is 1.21. The minimum atomic E-state index is -0.790. The smallest absolute Gasteiger partial charge is 0.396 e. The normalized spacial score (nSPS) is 9.92. The van der Waals surface area contributed by atoms with Crippen LogP contribution >= 0.6 is 0 Å². The molecule has 0 rings (SSSR count). The van der Waals surface area contributed by atoms with Crippen molar-refractivity contribution < 1.29 is 14.3 Å². The van der Waals surface area contributed by atoms with E-state index in [9.17, 15) is 9.59 Å². The average molecular weight is 187 g/mol. The Morgan fingerprint density at radius 1 is 1.38 bits per heavy atom. The Balaban J connectivity index is 4.36. The largest absolute Gasteiger partial charge is 0.462 e. The third kappa shape index (κ3) is 3.44. The van der Waals surface area contributed by atoms with Crippen LogP contribution in [0.2, 0.25) is 0 Å². The predicted molar refractivity (Wildman–Crippen MR) is 49.2 cm³/mol. The summed E-state index contributed by atoms with van der Waals surface area (Å²) >= 11 is 0. The molecule has 0 N–H and O–H groups in total. The second kappa shape index (κ2) is 5.56. The first kappa shape index (κ1) is 11.9. The standard InChI is InChI=1S/C9H17NO3/c1-5-6-10(7(2)3)8(11)9(12)13-4/h7H,5-6H2,1-4H3. The van der Waals surface area contributed by atoms with Crippen LogP contribution in [0.15, 0.2) is 0 Å². The molecule has 4 nitrogen and oxygen atoms in total. The molecule has 0 aromatic rings. The number of carbonyl (C=O) groups excluding carboxylic acids is 2. The highest BCUT2D eigenvalue weighted by molar-refractivity contribution is 6.32. The van der Waals surface area contributed by atoms with E-state index in [-0.39, 0.29) is 6.04 Å². The zero-order valence-corrected chi connectivity index (χ0v) is 8.66. The Morgan fingerprint density at radius 3 is 2.23 bits per heavy atom. The number of hydrogen-bond donors (Lipinski definition) is 0. The number of carbonyl (C=O) groups is 2. The first-order valence-electron chi connectivity index (χ1n) is 4.43. The average Bonchev–Trinajstić information content (AvgIpc) is 2.11. The topological polar surface area (TPSA) is 46.6 Å². The van der Waals surface area contributed by atoms with E-state index in [2.05, 4.69) is 4.74 Å². The van der Waals surface area contributed by atoms with Gasteiger partial charge in [-0.05, 0) is 20.3 Å². The lowest BCUT2D eigenvalue weighted by Gasteiger charge is -2.24. The van der Waals surface area contributed by atoms with Gasteiger partial charge in [0.2, 0.25) is 0 Å². The van der Waals surface area contributed by atoms with Crippen molar-refractivity contribution in [3.63, 3.8) is 0 Å². The number of rotatable bonds is 3. The predicted octanol–water partition coefficient (Wildman–Crippen LogP) is 0.806.